The predicted octanol–water partition coefficient (Wildman–Crippen LogP) is 2.84. The van der Waals surface area contributed by atoms with E-state index in [-0.39, 0.29) is 0 Å². The highest BCUT2D eigenvalue weighted by Crippen LogP contribution is 2.31. The van der Waals surface area contributed by atoms with Crippen LogP contribution in [-0.2, 0) is 0 Å². The molecule has 0 aromatic carbocycles. The summed E-state index contributed by atoms with van der Waals surface area (Å²) in [7, 11) is 0. The molecule has 0 N–H and O–H groups in total. The molecule has 1 aromatic heterocycles. The molecule has 3 nitrogen and oxygen atoms in total. The van der Waals surface area contributed by atoms with Crippen molar-refractivity contribution < 1.29 is 0 Å². The van der Waals surface area contributed by atoms with E-state index in [1.54, 1.807) is 12.5 Å². The lowest BCUT2D eigenvalue weighted by molar-refractivity contribution is 0.388. The van der Waals surface area contributed by atoms with Gasteiger partial charge >= 0.3 is 0 Å². The van der Waals surface area contributed by atoms with Gasteiger partial charge < -0.3 is 4.90 Å². The van der Waals surface area contributed by atoms with Crippen LogP contribution in [-0.4, -0.2) is 28.4 Å². The Bertz CT molecular complexity index is 330. The summed E-state index contributed by atoms with van der Waals surface area (Å²) in [6, 6.07) is 0.606. The van der Waals surface area contributed by atoms with Crippen LogP contribution in [0.25, 0.3) is 0 Å². The third kappa shape index (κ3) is 2.42. The van der Waals surface area contributed by atoms with Crippen molar-refractivity contribution >= 4 is 33.3 Å². The first kappa shape index (κ1) is 11.1. The maximum atomic E-state index is 5.82. The highest BCUT2D eigenvalue weighted by Gasteiger charge is 2.26. The highest BCUT2D eigenvalue weighted by atomic mass is 79.9. The van der Waals surface area contributed by atoms with Crippen molar-refractivity contribution in [2.45, 2.75) is 25.3 Å². The summed E-state index contributed by atoms with van der Waals surface area (Å²) >= 11 is 9.30. The molecule has 1 aromatic rings. The van der Waals surface area contributed by atoms with Gasteiger partial charge in [0.05, 0.1) is 4.47 Å². The van der Waals surface area contributed by atoms with Crippen molar-refractivity contribution in [1.29, 1.82) is 0 Å². The number of anilines is 1. The number of alkyl halides is 1. The standard InChI is InChI=1S/C10H13BrClN3/c11-9-6-13-7-14-10(9)15(5-4-12)8-2-1-3-8/h6-8H,1-5H2. The van der Waals surface area contributed by atoms with Crippen molar-refractivity contribution in [2.75, 3.05) is 17.3 Å². The third-order valence-corrected chi connectivity index (χ3v) is 3.49. The molecular weight excluding hydrogens is 277 g/mol. The summed E-state index contributed by atoms with van der Waals surface area (Å²) in [6.45, 7) is 0.849. The van der Waals surface area contributed by atoms with Crippen LogP contribution >= 0.6 is 27.5 Å². The lowest BCUT2D eigenvalue weighted by Crippen LogP contribution is -2.42. The van der Waals surface area contributed by atoms with Crippen LogP contribution in [0.2, 0.25) is 0 Å². The summed E-state index contributed by atoms with van der Waals surface area (Å²) in [6.07, 6.45) is 7.16. The van der Waals surface area contributed by atoms with Crippen LogP contribution in [0.1, 0.15) is 19.3 Å². The Morgan fingerprint density at radius 2 is 2.33 bits per heavy atom. The minimum absolute atomic E-state index is 0.606. The van der Waals surface area contributed by atoms with Crippen molar-refractivity contribution in [2.24, 2.45) is 0 Å². The van der Waals surface area contributed by atoms with E-state index in [4.69, 9.17) is 11.6 Å². The molecule has 0 saturated heterocycles. The van der Waals surface area contributed by atoms with Gasteiger partial charge in [0.1, 0.15) is 12.1 Å². The zero-order valence-electron chi connectivity index (χ0n) is 8.37. The van der Waals surface area contributed by atoms with Gasteiger partial charge in [-0.05, 0) is 35.2 Å². The first-order valence-corrected chi connectivity index (χ1v) is 6.44. The van der Waals surface area contributed by atoms with E-state index >= 15 is 0 Å². The van der Waals surface area contributed by atoms with Gasteiger partial charge in [-0.1, -0.05) is 0 Å². The van der Waals surface area contributed by atoms with Gasteiger partial charge in [0, 0.05) is 24.7 Å². The molecule has 82 valence electrons. The van der Waals surface area contributed by atoms with Crippen molar-refractivity contribution in [3.05, 3.63) is 17.0 Å². The van der Waals surface area contributed by atoms with E-state index in [0.717, 1.165) is 16.8 Å². The van der Waals surface area contributed by atoms with Crippen molar-refractivity contribution in [3.63, 3.8) is 0 Å². The summed E-state index contributed by atoms with van der Waals surface area (Å²) in [5.41, 5.74) is 0. The number of nitrogens with zero attached hydrogens (tertiary/aromatic N) is 3. The zero-order chi connectivity index (χ0) is 10.7. The molecule has 0 spiro atoms. The minimum atomic E-state index is 0.606. The lowest BCUT2D eigenvalue weighted by atomic mass is 9.91. The second-order valence-corrected chi connectivity index (χ2v) is 4.89. The van der Waals surface area contributed by atoms with Gasteiger partial charge in [0.25, 0.3) is 0 Å². The Labute approximate surface area is 103 Å². The molecule has 1 fully saturated rings. The second-order valence-electron chi connectivity index (χ2n) is 3.66. The summed E-state index contributed by atoms with van der Waals surface area (Å²) in [4.78, 5) is 10.6. The Morgan fingerprint density at radius 1 is 1.53 bits per heavy atom. The van der Waals surface area contributed by atoms with E-state index in [0.29, 0.717) is 11.9 Å². The van der Waals surface area contributed by atoms with Gasteiger partial charge in [-0.15, -0.1) is 11.6 Å². The molecule has 0 atom stereocenters. The van der Waals surface area contributed by atoms with E-state index in [2.05, 4.69) is 30.8 Å². The number of hydrogen-bond donors (Lipinski definition) is 0. The molecule has 0 aliphatic heterocycles. The molecule has 0 bridgehead atoms. The molecule has 1 aliphatic rings. The van der Waals surface area contributed by atoms with E-state index in [1.165, 1.54) is 19.3 Å². The summed E-state index contributed by atoms with van der Waals surface area (Å²) < 4.78 is 0.946. The van der Waals surface area contributed by atoms with E-state index in [9.17, 15) is 0 Å². The summed E-state index contributed by atoms with van der Waals surface area (Å²) in [5.74, 6) is 1.60. The molecule has 1 saturated carbocycles. The monoisotopic (exact) mass is 289 g/mol. The first-order chi connectivity index (χ1) is 7.33. The molecule has 1 heterocycles. The zero-order valence-corrected chi connectivity index (χ0v) is 10.7. The van der Waals surface area contributed by atoms with Gasteiger partial charge in [0.15, 0.2) is 0 Å². The maximum Gasteiger partial charge on any atom is 0.146 e. The number of halogens is 2. The van der Waals surface area contributed by atoms with Crippen molar-refractivity contribution in [1.82, 2.24) is 9.97 Å². The lowest BCUT2D eigenvalue weighted by Gasteiger charge is -2.38. The third-order valence-electron chi connectivity index (χ3n) is 2.76. The largest absolute Gasteiger partial charge is 0.351 e. The SMILES string of the molecule is ClCCN(c1ncncc1Br)C1CCC1. The first-order valence-electron chi connectivity index (χ1n) is 5.11. The molecule has 0 amide bonds. The van der Waals surface area contributed by atoms with Gasteiger partial charge in [0.2, 0.25) is 0 Å². The van der Waals surface area contributed by atoms with Crippen LogP contribution in [0.4, 0.5) is 5.82 Å². The maximum absolute atomic E-state index is 5.82. The van der Waals surface area contributed by atoms with Gasteiger partial charge in [-0.3, -0.25) is 0 Å². The molecular formula is C10H13BrClN3. The summed E-state index contributed by atoms with van der Waals surface area (Å²) in [5, 5.41) is 0. The normalized spacial score (nSPS) is 16.1. The topological polar surface area (TPSA) is 29.0 Å². The molecule has 0 radical (unpaired) electrons. The average Bonchev–Trinajstić information content (AvgIpc) is 2.15. The van der Waals surface area contributed by atoms with E-state index < -0.39 is 0 Å². The Balaban J connectivity index is 2.19. The van der Waals surface area contributed by atoms with Crippen molar-refractivity contribution in [3.8, 4) is 0 Å². The average molecular weight is 291 g/mol. The Hall–Kier alpha value is -0.350. The van der Waals surface area contributed by atoms with Crippen LogP contribution in [0.5, 0.6) is 0 Å². The van der Waals surface area contributed by atoms with Crippen LogP contribution in [0.3, 0.4) is 0 Å². The number of aromatic nitrogens is 2. The Kier molecular flexibility index (Phi) is 3.81. The van der Waals surface area contributed by atoms with E-state index in [1.807, 2.05) is 0 Å². The minimum Gasteiger partial charge on any atom is -0.351 e. The predicted molar refractivity (Wildman–Crippen MR) is 65.4 cm³/mol. The van der Waals surface area contributed by atoms with Gasteiger partial charge in [-0.2, -0.15) is 0 Å². The fourth-order valence-corrected chi connectivity index (χ4v) is 2.40. The molecule has 5 heteroatoms. The molecule has 2 rings (SSSR count). The number of hydrogen-bond acceptors (Lipinski definition) is 3. The fraction of sp³-hybridized carbons (Fsp3) is 0.600. The quantitative estimate of drug-likeness (QED) is 0.799. The molecule has 15 heavy (non-hydrogen) atoms. The number of rotatable bonds is 4. The fourth-order valence-electron chi connectivity index (χ4n) is 1.77. The van der Waals surface area contributed by atoms with Crippen LogP contribution in [0, 0.1) is 0 Å². The smallest absolute Gasteiger partial charge is 0.146 e. The van der Waals surface area contributed by atoms with Crippen LogP contribution in [0.15, 0.2) is 17.0 Å². The highest BCUT2D eigenvalue weighted by molar-refractivity contribution is 9.10. The Morgan fingerprint density at radius 3 is 2.87 bits per heavy atom. The van der Waals surface area contributed by atoms with Crippen LogP contribution < -0.4 is 4.90 Å². The van der Waals surface area contributed by atoms with Gasteiger partial charge in [-0.25, -0.2) is 9.97 Å². The molecule has 0 unspecified atom stereocenters. The molecule has 1 aliphatic carbocycles. The second kappa shape index (κ2) is 5.12.